The normalized spacial score (nSPS) is 19.3. The van der Waals surface area contributed by atoms with E-state index in [9.17, 15) is 19.7 Å². The molecule has 0 saturated carbocycles. The van der Waals surface area contributed by atoms with Gasteiger partial charge in [0, 0.05) is 25.0 Å². The summed E-state index contributed by atoms with van der Waals surface area (Å²) in [7, 11) is 0. The van der Waals surface area contributed by atoms with Crippen LogP contribution in [0.1, 0.15) is 22.3 Å². The Hall–Kier alpha value is -3.22. The molecule has 0 N–H and O–H groups in total. The first-order chi connectivity index (χ1) is 12.0. The molecule has 1 heterocycles. The second-order valence-electron chi connectivity index (χ2n) is 5.68. The zero-order valence-corrected chi connectivity index (χ0v) is 13.2. The number of carbonyl (C=O) groups is 2. The molecule has 128 valence electrons. The van der Waals surface area contributed by atoms with E-state index in [4.69, 9.17) is 9.47 Å². The van der Waals surface area contributed by atoms with Gasteiger partial charge in [-0.2, -0.15) is 0 Å². The van der Waals surface area contributed by atoms with E-state index in [1.165, 1.54) is 24.3 Å². The molecular formula is C18H15NO6. The van der Waals surface area contributed by atoms with Crippen LogP contribution in [0.15, 0.2) is 54.6 Å². The van der Waals surface area contributed by atoms with Gasteiger partial charge in [-0.05, 0) is 17.7 Å². The Morgan fingerprint density at radius 3 is 2.48 bits per heavy atom. The fourth-order valence-corrected chi connectivity index (χ4v) is 2.64. The smallest absolute Gasteiger partial charge is 0.347 e. The zero-order chi connectivity index (χ0) is 17.8. The van der Waals surface area contributed by atoms with Gasteiger partial charge < -0.3 is 9.47 Å². The third-order valence-corrected chi connectivity index (χ3v) is 3.89. The molecule has 3 rings (SSSR count). The average molecular weight is 341 g/mol. The van der Waals surface area contributed by atoms with Crippen molar-refractivity contribution in [1.29, 1.82) is 0 Å². The first-order valence-corrected chi connectivity index (χ1v) is 7.73. The predicted molar refractivity (Wildman–Crippen MR) is 86.9 cm³/mol. The maximum Gasteiger partial charge on any atom is 0.347 e. The van der Waals surface area contributed by atoms with Crippen LogP contribution in [0.4, 0.5) is 5.69 Å². The summed E-state index contributed by atoms with van der Waals surface area (Å²) in [6.07, 6.45) is -0.467. The molecule has 0 amide bonds. The SMILES string of the molecule is O=C(O[C@H]1C[C@H](Cc2ccccc2)OC1=O)c1ccc([N+](=O)[O-])cc1. The lowest BCUT2D eigenvalue weighted by atomic mass is 10.1. The summed E-state index contributed by atoms with van der Waals surface area (Å²) in [4.78, 5) is 34.0. The average Bonchev–Trinajstić information content (AvgIpc) is 2.95. The van der Waals surface area contributed by atoms with Crippen molar-refractivity contribution in [2.75, 3.05) is 0 Å². The molecular weight excluding hydrogens is 326 g/mol. The van der Waals surface area contributed by atoms with E-state index in [0.717, 1.165) is 5.56 Å². The molecule has 0 bridgehead atoms. The van der Waals surface area contributed by atoms with Crippen molar-refractivity contribution in [1.82, 2.24) is 0 Å². The summed E-state index contributed by atoms with van der Waals surface area (Å²) in [5, 5.41) is 10.6. The molecule has 2 aromatic carbocycles. The quantitative estimate of drug-likeness (QED) is 0.471. The highest BCUT2D eigenvalue weighted by Gasteiger charge is 2.37. The number of nitrogens with zero attached hydrogens (tertiary/aromatic N) is 1. The van der Waals surface area contributed by atoms with Gasteiger partial charge in [-0.15, -0.1) is 0 Å². The van der Waals surface area contributed by atoms with Crippen molar-refractivity contribution in [2.24, 2.45) is 0 Å². The molecule has 25 heavy (non-hydrogen) atoms. The number of cyclic esters (lactones) is 1. The van der Waals surface area contributed by atoms with Gasteiger partial charge in [0.25, 0.3) is 5.69 Å². The number of benzene rings is 2. The fraction of sp³-hybridized carbons (Fsp3) is 0.222. The molecule has 1 saturated heterocycles. The van der Waals surface area contributed by atoms with E-state index in [2.05, 4.69) is 0 Å². The van der Waals surface area contributed by atoms with Gasteiger partial charge in [0.2, 0.25) is 6.10 Å². The molecule has 0 spiro atoms. The molecule has 1 aliphatic rings. The standard InChI is InChI=1S/C18H15NO6/c20-17(13-6-8-14(9-7-13)19(22)23)25-16-11-15(24-18(16)21)10-12-4-2-1-3-5-12/h1-9,15-16H,10-11H2/t15-,16-/m0/s1. The first-order valence-electron chi connectivity index (χ1n) is 7.73. The van der Waals surface area contributed by atoms with Crippen LogP contribution in [-0.4, -0.2) is 29.1 Å². The van der Waals surface area contributed by atoms with Gasteiger partial charge in [0.1, 0.15) is 6.10 Å². The van der Waals surface area contributed by atoms with Crippen molar-refractivity contribution >= 4 is 17.6 Å². The minimum Gasteiger partial charge on any atom is -0.459 e. The van der Waals surface area contributed by atoms with Crippen LogP contribution in [0.25, 0.3) is 0 Å². The Kier molecular flexibility index (Phi) is 4.74. The number of carbonyl (C=O) groups excluding carboxylic acids is 2. The van der Waals surface area contributed by atoms with E-state index in [1.807, 2.05) is 30.3 Å². The van der Waals surface area contributed by atoms with Gasteiger partial charge >= 0.3 is 11.9 Å². The Balaban J connectivity index is 1.59. The lowest BCUT2D eigenvalue weighted by Gasteiger charge is -2.09. The van der Waals surface area contributed by atoms with E-state index in [1.54, 1.807) is 0 Å². The number of ether oxygens (including phenoxy) is 2. The molecule has 1 fully saturated rings. The summed E-state index contributed by atoms with van der Waals surface area (Å²) in [6, 6.07) is 14.6. The third kappa shape index (κ3) is 4.00. The van der Waals surface area contributed by atoms with E-state index in [-0.39, 0.29) is 23.8 Å². The largest absolute Gasteiger partial charge is 0.459 e. The molecule has 1 aliphatic heterocycles. The lowest BCUT2D eigenvalue weighted by Crippen LogP contribution is -2.22. The van der Waals surface area contributed by atoms with Gasteiger partial charge in [-0.25, -0.2) is 9.59 Å². The lowest BCUT2D eigenvalue weighted by molar-refractivity contribution is -0.384. The molecule has 7 heteroatoms. The van der Waals surface area contributed by atoms with E-state index in [0.29, 0.717) is 6.42 Å². The van der Waals surface area contributed by atoms with Crippen LogP contribution in [0, 0.1) is 10.1 Å². The first kappa shape index (κ1) is 16.6. The maximum atomic E-state index is 12.1. The molecule has 0 aromatic heterocycles. The van der Waals surface area contributed by atoms with Crippen LogP contribution in [0.2, 0.25) is 0 Å². The summed E-state index contributed by atoms with van der Waals surface area (Å²) in [5.74, 6) is -1.28. The van der Waals surface area contributed by atoms with E-state index < -0.39 is 23.0 Å². The number of esters is 2. The van der Waals surface area contributed by atoms with Crippen LogP contribution >= 0.6 is 0 Å². The molecule has 2 aromatic rings. The zero-order valence-electron chi connectivity index (χ0n) is 13.2. The Morgan fingerprint density at radius 2 is 1.84 bits per heavy atom. The van der Waals surface area contributed by atoms with Crippen LogP contribution in [-0.2, 0) is 20.7 Å². The summed E-state index contributed by atoms with van der Waals surface area (Å²) in [6.45, 7) is 0. The van der Waals surface area contributed by atoms with Gasteiger partial charge in [0.15, 0.2) is 0 Å². The number of hydrogen-bond donors (Lipinski definition) is 0. The number of hydrogen-bond acceptors (Lipinski definition) is 6. The third-order valence-electron chi connectivity index (χ3n) is 3.89. The number of rotatable bonds is 5. The Labute approximate surface area is 143 Å². The van der Waals surface area contributed by atoms with Gasteiger partial charge in [-0.3, -0.25) is 10.1 Å². The monoisotopic (exact) mass is 341 g/mol. The Bertz CT molecular complexity index is 787. The molecule has 0 aliphatic carbocycles. The molecule has 0 unspecified atom stereocenters. The number of nitro benzene ring substituents is 1. The molecule has 0 radical (unpaired) electrons. The Morgan fingerprint density at radius 1 is 1.16 bits per heavy atom. The van der Waals surface area contributed by atoms with Gasteiger partial charge in [0.05, 0.1) is 10.5 Å². The highest BCUT2D eigenvalue weighted by Crippen LogP contribution is 2.23. The second kappa shape index (κ2) is 7.12. The van der Waals surface area contributed by atoms with Crippen molar-refractivity contribution < 1.29 is 24.0 Å². The minimum absolute atomic E-state index is 0.125. The van der Waals surface area contributed by atoms with Crippen LogP contribution in [0.3, 0.4) is 0 Å². The topological polar surface area (TPSA) is 95.7 Å². The minimum atomic E-state index is -0.962. The highest BCUT2D eigenvalue weighted by molar-refractivity contribution is 5.92. The summed E-state index contributed by atoms with van der Waals surface area (Å²) in [5.41, 5.74) is 1.05. The van der Waals surface area contributed by atoms with Crippen molar-refractivity contribution in [3.8, 4) is 0 Å². The van der Waals surface area contributed by atoms with Crippen molar-refractivity contribution in [3.05, 3.63) is 75.8 Å². The number of non-ortho nitro benzene ring substituents is 1. The van der Waals surface area contributed by atoms with Crippen molar-refractivity contribution in [2.45, 2.75) is 25.0 Å². The van der Waals surface area contributed by atoms with Crippen LogP contribution < -0.4 is 0 Å². The number of nitro groups is 1. The highest BCUT2D eigenvalue weighted by atomic mass is 16.6. The van der Waals surface area contributed by atoms with E-state index >= 15 is 0 Å². The predicted octanol–water partition coefficient (Wildman–Crippen LogP) is 2.68. The summed E-state index contributed by atoms with van der Waals surface area (Å²) >= 11 is 0. The maximum absolute atomic E-state index is 12.1. The molecule has 2 atom stereocenters. The molecule has 7 nitrogen and oxygen atoms in total. The van der Waals surface area contributed by atoms with Crippen LogP contribution in [0.5, 0.6) is 0 Å². The summed E-state index contributed by atoms with van der Waals surface area (Å²) < 4.78 is 10.5. The van der Waals surface area contributed by atoms with Gasteiger partial charge in [-0.1, -0.05) is 30.3 Å². The van der Waals surface area contributed by atoms with Crippen molar-refractivity contribution in [3.63, 3.8) is 0 Å². The fourth-order valence-electron chi connectivity index (χ4n) is 2.64. The second-order valence-corrected chi connectivity index (χ2v) is 5.68.